The van der Waals surface area contributed by atoms with Gasteiger partial charge in [0.1, 0.15) is 30.7 Å². The van der Waals surface area contributed by atoms with Crippen molar-refractivity contribution in [3.8, 4) is 5.75 Å². The Hall–Kier alpha value is -3.03. The fourth-order valence-corrected chi connectivity index (χ4v) is 4.58. The van der Waals surface area contributed by atoms with E-state index in [1.54, 1.807) is 50.2 Å². The van der Waals surface area contributed by atoms with Crippen LogP contribution in [-0.2, 0) is 34.5 Å². The Morgan fingerprint density at radius 3 is 2.35 bits per heavy atom. The average molecular weight is 583 g/mol. The van der Waals surface area contributed by atoms with Gasteiger partial charge in [-0.3, -0.25) is 9.32 Å². The molecule has 1 aliphatic rings. The molecule has 2 aromatic rings. The van der Waals surface area contributed by atoms with Crippen LogP contribution in [0.4, 0.5) is 5.69 Å². The van der Waals surface area contributed by atoms with Gasteiger partial charge in [-0.1, -0.05) is 38.1 Å². The maximum absolute atomic E-state index is 12.6. The third-order valence-electron chi connectivity index (χ3n) is 5.89. The smallest absolute Gasteiger partial charge is 0.461 e. The Morgan fingerprint density at radius 2 is 1.75 bits per heavy atom. The van der Waals surface area contributed by atoms with Crippen LogP contribution in [0.5, 0.6) is 5.75 Å². The molecule has 7 N–H and O–H groups in total. The average Bonchev–Trinajstić information content (AvgIpc) is 2.87. The minimum atomic E-state index is -5.22. The highest BCUT2D eigenvalue weighted by atomic mass is 31.2. The third-order valence-corrected chi connectivity index (χ3v) is 6.41. The van der Waals surface area contributed by atoms with Crippen molar-refractivity contribution in [1.29, 1.82) is 0 Å². The van der Waals surface area contributed by atoms with E-state index >= 15 is 0 Å². The molecule has 0 bridgehead atoms. The number of aliphatic hydroxyl groups is 1. The van der Waals surface area contributed by atoms with Crippen molar-refractivity contribution < 1.29 is 52.5 Å². The largest absolute Gasteiger partial charge is 0.470 e. The van der Waals surface area contributed by atoms with Crippen molar-refractivity contribution in [1.82, 2.24) is 0 Å². The molecule has 13 nitrogen and oxygen atoms in total. The van der Waals surface area contributed by atoms with Crippen molar-refractivity contribution >= 4 is 25.4 Å². The Bertz CT molecular complexity index is 1190. The van der Waals surface area contributed by atoms with E-state index in [0.717, 1.165) is 5.56 Å². The molecule has 5 atom stereocenters. The van der Waals surface area contributed by atoms with Gasteiger partial charge in [-0.15, -0.1) is 0 Å². The highest BCUT2D eigenvalue weighted by molar-refractivity contribution is 7.46. The number of anilines is 1. The number of phosphoric acid groups is 1. The molecule has 0 saturated carbocycles. The number of nitrogens with two attached hydrogens (primary N) is 2. The number of phosphoric ester groups is 1. The molecule has 1 fully saturated rings. The molecule has 1 heterocycles. The number of esters is 2. The van der Waals surface area contributed by atoms with E-state index < -0.39 is 57.1 Å². The van der Waals surface area contributed by atoms with E-state index in [1.807, 2.05) is 0 Å². The molecule has 220 valence electrons. The van der Waals surface area contributed by atoms with Gasteiger partial charge < -0.3 is 45.3 Å². The molecule has 3 rings (SSSR count). The summed E-state index contributed by atoms with van der Waals surface area (Å²) in [4.78, 5) is 44.3. The number of benzene rings is 2. The monoisotopic (exact) mass is 582 g/mol. The zero-order chi connectivity index (χ0) is 29.4. The molecule has 0 aliphatic carbocycles. The van der Waals surface area contributed by atoms with E-state index in [9.17, 15) is 29.0 Å². The zero-order valence-electron chi connectivity index (χ0n) is 22.1. The lowest BCUT2D eigenvalue weighted by molar-refractivity contribution is -0.279. The second kappa shape index (κ2) is 14.0. The molecular formula is C26H35N2O11P. The molecule has 1 saturated heterocycles. The summed E-state index contributed by atoms with van der Waals surface area (Å²) in [6.45, 7) is 3.42. The number of para-hydroxylation sites is 1. The lowest BCUT2D eigenvalue weighted by Gasteiger charge is -2.43. The maximum atomic E-state index is 12.6. The van der Waals surface area contributed by atoms with Crippen LogP contribution in [0.25, 0.3) is 0 Å². The maximum Gasteiger partial charge on any atom is 0.470 e. The van der Waals surface area contributed by atoms with Gasteiger partial charge in [-0.05, 0) is 48.7 Å². The number of hydrogen-bond donors (Lipinski definition) is 5. The van der Waals surface area contributed by atoms with Crippen LogP contribution in [0.2, 0.25) is 0 Å². The predicted octanol–water partition coefficient (Wildman–Crippen LogP) is 1.53. The van der Waals surface area contributed by atoms with Crippen molar-refractivity contribution in [2.75, 3.05) is 18.9 Å². The van der Waals surface area contributed by atoms with Crippen LogP contribution >= 0.6 is 7.82 Å². The Balaban J connectivity index is 1.89. The molecule has 1 aliphatic heterocycles. The van der Waals surface area contributed by atoms with Gasteiger partial charge in [0.25, 0.3) is 0 Å². The van der Waals surface area contributed by atoms with Crippen LogP contribution in [-0.4, -0.2) is 70.7 Å². The van der Waals surface area contributed by atoms with E-state index in [4.69, 9.17) is 34.9 Å². The summed E-state index contributed by atoms with van der Waals surface area (Å²) >= 11 is 0. The van der Waals surface area contributed by atoms with Gasteiger partial charge in [-0.25, -0.2) is 9.36 Å². The third kappa shape index (κ3) is 9.00. The van der Waals surface area contributed by atoms with Crippen molar-refractivity contribution in [2.24, 2.45) is 11.7 Å². The molecule has 40 heavy (non-hydrogen) atoms. The summed E-state index contributed by atoms with van der Waals surface area (Å²) in [5.74, 6) is -1.39. The minimum Gasteiger partial charge on any atom is -0.461 e. The number of aliphatic hydroxyl groups excluding tert-OH is 1. The second-order valence-electron chi connectivity index (χ2n) is 9.63. The van der Waals surface area contributed by atoms with Crippen LogP contribution in [0, 0.1) is 5.92 Å². The molecule has 0 aromatic heterocycles. The Kier molecular flexibility index (Phi) is 11.1. The summed E-state index contributed by atoms with van der Waals surface area (Å²) in [6, 6.07) is 12.9. The number of nitrogen functional groups attached to an aromatic ring is 1. The number of hydrogen-bond acceptors (Lipinski definition) is 11. The summed E-state index contributed by atoms with van der Waals surface area (Å²) < 4.78 is 39.2. The number of carbonyl (C=O) groups is 2. The van der Waals surface area contributed by atoms with Crippen LogP contribution in [0.1, 0.15) is 36.2 Å². The Labute approximate surface area is 231 Å². The number of rotatable bonds is 12. The molecule has 0 radical (unpaired) electrons. The minimum absolute atomic E-state index is 0.0325. The first-order valence-corrected chi connectivity index (χ1v) is 14.1. The summed E-state index contributed by atoms with van der Waals surface area (Å²) in [5.41, 5.74) is 12.6. The van der Waals surface area contributed by atoms with Gasteiger partial charge in [-0.2, -0.15) is 0 Å². The lowest BCUT2D eigenvalue weighted by atomic mass is 9.98. The number of carbonyl (C=O) groups excluding carboxylic acids is 2. The molecule has 0 amide bonds. The molecular weight excluding hydrogens is 547 g/mol. The SMILES string of the molecule is CC(C)CC(=O)O[C@H]1[C@H](Oc2ccc(CCN)cc2)O[C@H](COC(=O)c2ccccc2N)[C@@H](O)[C@@H]1OP(=O)(O)O. The van der Waals surface area contributed by atoms with Crippen LogP contribution in [0.15, 0.2) is 48.5 Å². The lowest BCUT2D eigenvalue weighted by Crippen LogP contribution is -2.62. The van der Waals surface area contributed by atoms with Gasteiger partial charge in [0.2, 0.25) is 6.29 Å². The van der Waals surface area contributed by atoms with Crippen molar-refractivity contribution in [3.05, 3.63) is 59.7 Å². The summed E-state index contributed by atoms with van der Waals surface area (Å²) in [5, 5.41) is 11.0. The van der Waals surface area contributed by atoms with Gasteiger partial charge in [0, 0.05) is 12.1 Å². The molecule has 2 aromatic carbocycles. The van der Waals surface area contributed by atoms with E-state index in [1.165, 1.54) is 12.1 Å². The highest BCUT2D eigenvalue weighted by Gasteiger charge is 2.52. The van der Waals surface area contributed by atoms with E-state index in [0.29, 0.717) is 13.0 Å². The van der Waals surface area contributed by atoms with E-state index in [2.05, 4.69) is 0 Å². The van der Waals surface area contributed by atoms with E-state index in [-0.39, 0.29) is 29.3 Å². The second-order valence-corrected chi connectivity index (χ2v) is 10.8. The highest BCUT2D eigenvalue weighted by Crippen LogP contribution is 2.42. The topological polar surface area (TPSA) is 210 Å². The first kappa shape index (κ1) is 31.5. The van der Waals surface area contributed by atoms with Crippen LogP contribution in [0.3, 0.4) is 0 Å². The predicted molar refractivity (Wildman–Crippen MR) is 142 cm³/mol. The zero-order valence-corrected chi connectivity index (χ0v) is 23.0. The van der Waals surface area contributed by atoms with Crippen molar-refractivity contribution in [3.63, 3.8) is 0 Å². The molecule has 0 unspecified atom stereocenters. The van der Waals surface area contributed by atoms with Crippen LogP contribution < -0.4 is 16.2 Å². The first-order chi connectivity index (χ1) is 18.9. The molecule has 14 heteroatoms. The fraction of sp³-hybridized carbons (Fsp3) is 0.462. The fourth-order valence-electron chi connectivity index (χ4n) is 4.01. The normalized spacial score (nSPS) is 23.0. The van der Waals surface area contributed by atoms with Gasteiger partial charge in [0.15, 0.2) is 6.10 Å². The summed E-state index contributed by atoms with van der Waals surface area (Å²) in [6.07, 6.45) is -7.53. The van der Waals surface area contributed by atoms with Gasteiger partial charge in [0.05, 0.1) is 5.56 Å². The summed E-state index contributed by atoms with van der Waals surface area (Å²) in [7, 11) is -5.22. The quantitative estimate of drug-likeness (QED) is 0.137. The standard InChI is InChI=1S/C26H35N2O11P/c1-15(2)13-21(29)38-24-23(39-40(32,33)34)22(30)20(14-35-25(31)18-5-3-4-6-19(18)28)37-26(24)36-17-9-7-16(8-10-17)11-12-27/h3-10,15,20,22-24,26,30H,11-14,27-28H2,1-2H3,(H2,32,33,34)/t20-,22-,23+,24-,26-/m1/s1. The number of ether oxygens (including phenoxy) is 4. The molecule has 0 spiro atoms. The van der Waals surface area contributed by atoms with Gasteiger partial charge >= 0.3 is 19.8 Å². The Morgan fingerprint density at radius 1 is 1.07 bits per heavy atom. The van der Waals surface area contributed by atoms with Crippen molar-refractivity contribution in [2.45, 2.75) is 57.4 Å². The first-order valence-electron chi connectivity index (χ1n) is 12.6.